The van der Waals surface area contributed by atoms with E-state index in [1.165, 1.54) is 19.2 Å². The molecule has 0 unspecified atom stereocenters. The van der Waals surface area contributed by atoms with Crippen molar-refractivity contribution in [2.75, 3.05) is 24.1 Å². The molecule has 1 heterocycles. The molecule has 0 radical (unpaired) electrons. The predicted molar refractivity (Wildman–Crippen MR) is 97.4 cm³/mol. The third-order valence-corrected chi connectivity index (χ3v) is 4.46. The van der Waals surface area contributed by atoms with Crippen LogP contribution < -0.4 is 10.2 Å². The molecule has 2 amide bonds. The van der Waals surface area contributed by atoms with Crippen molar-refractivity contribution in [3.05, 3.63) is 59.2 Å². The zero-order valence-corrected chi connectivity index (χ0v) is 14.9. The fraction of sp³-hybridized carbons (Fsp3) is 0.300. The van der Waals surface area contributed by atoms with E-state index in [2.05, 4.69) is 5.32 Å². The molecule has 3 rings (SSSR count). The van der Waals surface area contributed by atoms with Gasteiger partial charge in [0, 0.05) is 37.4 Å². The van der Waals surface area contributed by atoms with Gasteiger partial charge in [0.15, 0.2) is 0 Å². The van der Waals surface area contributed by atoms with Crippen LogP contribution in [-0.2, 0) is 27.2 Å². The molecule has 0 bridgehead atoms. The minimum atomic E-state index is -0.653. The Morgan fingerprint density at radius 3 is 2.74 bits per heavy atom. The van der Waals surface area contributed by atoms with Crippen LogP contribution in [0, 0.1) is 11.6 Å². The number of halogens is 2. The molecule has 7 heteroatoms. The average Bonchev–Trinajstić information content (AvgIpc) is 2.63. The summed E-state index contributed by atoms with van der Waals surface area (Å²) < 4.78 is 31.6. The molecular formula is C20H20F2N2O3. The number of anilines is 2. The van der Waals surface area contributed by atoms with Gasteiger partial charge in [0.2, 0.25) is 11.8 Å². The Morgan fingerprint density at radius 1 is 1.19 bits per heavy atom. The van der Waals surface area contributed by atoms with Crippen molar-refractivity contribution in [1.82, 2.24) is 0 Å². The summed E-state index contributed by atoms with van der Waals surface area (Å²) in [5.74, 6) is -1.56. The number of amides is 2. The van der Waals surface area contributed by atoms with E-state index in [1.807, 2.05) is 6.07 Å². The highest BCUT2D eigenvalue weighted by atomic mass is 19.1. The van der Waals surface area contributed by atoms with Crippen LogP contribution in [0.2, 0.25) is 0 Å². The Kier molecular flexibility index (Phi) is 5.81. The van der Waals surface area contributed by atoms with Gasteiger partial charge in [-0.25, -0.2) is 8.78 Å². The normalized spacial score (nSPS) is 13.4. The highest BCUT2D eigenvalue weighted by Crippen LogP contribution is 2.30. The first-order chi connectivity index (χ1) is 13.0. The molecule has 0 aromatic heterocycles. The molecule has 27 heavy (non-hydrogen) atoms. The number of ether oxygens (including phenoxy) is 1. The van der Waals surface area contributed by atoms with Gasteiger partial charge in [0.1, 0.15) is 18.4 Å². The quantitative estimate of drug-likeness (QED) is 0.843. The van der Waals surface area contributed by atoms with Gasteiger partial charge in [-0.1, -0.05) is 6.07 Å². The second-order valence-electron chi connectivity index (χ2n) is 6.37. The molecule has 2 aromatic rings. The molecule has 0 fully saturated rings. The summed E-state index contributed by atoms with van der Waals surface area (Å²) in [4.78, 5) is 25.7. The first-order valence-electron chi connectivity index (χ1n) is 8.64. The van der Waals surface area contributed by atoms with Crippen molar-refractivity contribution in [3.63, 3.8) is 0 Å². The average molecular weight is 374 g/mol. The van der Waals surface area contributed by atoms with Gasteiger partial charge in [0.25, 0.3) is 0 Å². The summed E-state index contributed by atoms with van der Waals surface area (Å²) in [6.07, 6.45) is 1.24. The van der Waals surface area contributed by atoms with Crippen LogP contribution in [0.15, 0.2) is 36.4 Å². The number of nitrogens with one attached hydrogen (secondary N) is 1. The number of hydrogen-bond donors (Lipinski definition) is 1. The van der Waals surface area contributed by atoms with Crippen LogP contribution in [0.5, 0.6) is 0 Å². The van der Waals surface area contributed by atoms with Crippen LogP contribution in [0.25, 0.3) is 0 Å². The molecule has 5 nitrogen and oxygen atoms in total. The third kappa shape index (κ3) is 4.49. The summed E-state index contributed by atoms with van der Waals surface area (Å²) in [6.45, 7) is 0.181. The molecule has 142 valence electrons. The minimum Gasteiger partial charge on any atom is -0.364 e. The number of fused-ring (bicyclic) bond motifs is 1. The lowest BCUT2D eigenvalue weighted by molar-refractivity contribution is -0.120. The standard InChI is InChI=1S/C20H20F2N2O3/c1-27-12-24-18-7-6-16(10-14(18)4-9-20(24)26)23-19(25)8-3-13-2-5-15(21)11-17(13)22/h2,5-7,10-11H,3-4,8-9,12H2,1H3,(H,23,25). The number of benzene rings is 2. The molecule has 0 spiro atoms. The topological polar surface area (TPSA) is 58.6 Å². The van der Waals surface area contributed by atoms with E-state index < -0.39 is 11.6 Å². The molecule has 0 atom stereocenters. The number of rotatable bonds is 6. The molecule has 0 aliphatic carbocycles. The van der Waals surface area contributed by atoms with Crippen molar-refractivity contribution in [2.24, 2.45) is 0 Å². The molecule has 1 aliphatic heterocycles. The molecule has 2 aromatic carbocycles. The molecular weight excluding hydrogens is 354 g/mol. The number of hydrogen-bond acceptors (Lipinski definition) is 3. The number of carbonyl (C=O) groups is 2. The van der Waals surface area contributed by atoms with Crippen molar-refractivity contribution in [2.45, 2.75) is 25.7 Å². The number of aryl methyl sites for hydroxylation is 2. The summed E-state index contributed by atoms with van der Waals surface area (Å²) in [5.41, 5.74) is 2.64. The Balaban J connectivity index is 1.64. The van der Waals surface area contributed by atoms with Crippen LogP contribution in [0.4, 0.5) is 20.2 Å². The second kappa shape index (κ2) is 8.26. The van der Waals surface area contributed by atoms with Gasteiger partial charge >= 0.3 is 0 Å². The van der Waals surface area contributed by atoms with Crippen LogP contribution in [0.3, 0.4) is 0 Å². The molecule has 1 N–H and O–H groups in total. The van der Waals surface area contributed by atoms with E-state index in [1.54, 1.807) is 17.0 Å². The van der Waals surface area contributed by atoms with E-state index in [0.29, 0.717) is 24.1 Å². The van der Waals surface area contributed by atoms with E-state index in [4.69, 9.17) is 4.74 Å². The summed E-state index contributed by atoms with van der Waals surface area (Å²) >= 11 is 0. The van der Waals surface area contributed by atoms with E-state index in [0.717, 1.165) is 17.3 Å². The van der Waals surface area contributed by atoms with Crippen LogP contribution in [-0.4, -0.2) is 25.7 Å². The first kappa shape index (κ1) is 19.0. The zero-order chi connectivity index (χ0) is 19.4. The smallest absolute Gasteiger partial charge is 0.229 e. The van der Waals surface area contributed by atoms with Gasteiger partial charge in [-0.15, -0.1) is 0 Å². The minimum absolute atomic E-state index is 0.00228. The van der Waals surface area contributed by atoms with Crippen LogP contribution in [0.1, 0.15) is 24.0 Å². The highest BCUT2D eigenvalue weighted by molar-refractivity contribution is 5.97. The van der Waals surface area contributed by atoms with Crippen LogP contribution >= 0.6 is 0 Å². The van der Waals surface area contributed by atoms with E-state index in [-0.39, 0.29) is 31.4 Å². The molecule has 0 saturated carbocycles. The number of carbonyl (C=O) groups excluding carboxylic acids is 2. The summed E-state index contributed by atoms with van der Waals surface area (Å²) in [5, 5.41) is 2.78. The number of methoxy groups -OCH3 is 1. The lowest BCUT2D eigenvalue weighted by Gasteiger charge is -2.29. The van der Waals surface area contributed by atoms with Gasteiger partial charge in [-0.3, -0.25) is 14.5 Å². The zero-order valence-electron chi connectivity index (χ0n) is 14.9. The monoisotopic (exact) mass is 374 g/mol. The van der Waals surface area contributed by atoms with Crippen molar-refractivity contribution in [1.29, 1.82) is 0 Å². The predicted octanol–water partition coefficient (Wildman–Crippen LogP) is 3.42. The maximum atomic E-state index is 13.6. The van der Waals surface area contributed by atoms with Crippen molar-refractivity contribution in [3.8, 4) is 0 Å². The fourth-order valence-corrected chi connectivity index (χ4v) is 3.10. The third-order valence-electron chi connectivity index (χ3n) is 4.46. The van der Waals surface area contributed by atoms with Gasteiger partial charge < -0.3 is 10.1 Å². The highest BCUT2D eigenvalue weighted by Gasteiger charge is 2.24. The lowest BCUT2D eigenvalue weighted by Crippen LogP contribution is -2.36. The Hall–Kier alpha value is -2.80. The lowest BCUT2D eigenvalue weighted by atomic mass is 10.0. The van der Waals surface area contributed by atoms with Crippen molar-refractivity contribution < 1.29 is 23.1 Å². The molecule has 1 aliphatic rings. The SMILES string of the molecule is COCN1C(=O)CCc2cc(NC(=O)CCc3ccc(F)cc3F)ccc21. The number of nitrogens with zero attached hydrogens (tertiary/aromatic N) is 1. The largest absolute Gasteiger partial charge is 0.364 e. The van der Waals surface area contributed by atoms with Gasteiger partial charge in [-0.2, -0.15) is 0 Å². The van der Waals surface area contributed by atoms with Crippen molar-refractivity contribution >= 4 is 23.2 Å². The Bertz CT molecular complexity index is 870. The Labute approximate surface area is 155 Å². The van der Waals surface area contributed by atoms with E-state index >= 15 is 0 Å². The summed E-state index contributed by atoms with van der Waals surface area (Å²) in [7, 11) is 1.53. The fourth-order valence-electron chi connectivity index (χ4n) is 3.10. The maximum Gasteiger partial charge on any atom is 0.229 e. The molecule has 0 saturated heterocycles. The van der Waals surface area contributed by atoms with E-state index in [9.17, 15) is 18.4 Å². The summed E-state index contributed by atoms with van der Waals surface area (Å²) in [6, 6.07) is 8.66. The first-order valence-corrected chi connectivity index (χ1v) is 8.64. The second-order valence-corrected chi connectivity index (χ2v) is 6.37. The maximum absolute atomic E-state index is 13.6. The Morgan fingerprint density at radius 2 is 2.00 bits per heavy atom. The van der Waals surface area contributed by atoms with Gasteiger partial charge in [0.05, 0.1) is 0 Å². The van der Waals surface area contributed by atoms with Gasteiger partial charge in [-0.05, 0) is 48.2 Å².